The molecule has 1 aliphatic rings. The normalized spacial score (nSPS) is 19.5. The maximum atomic E-state index is 5.80. The second-order valence-corrected chi connectivity index (χ2v) is 5.93. The van der Waals surface area contributed by atoms with Crippen molar-refractivity contribution in [3.8, 4) is 0 Å². The molecule has 96 valence electrons. The van der Waals surface area contributed by atoms with Crippen molar-refractivity contribution in [1.29, 1.82) is 0 Å². The van der Waals surface area contributed by atoms with Crippen LogP contribution in [0.2, 0.25) is 0 Å². The summed E-state index contributed by atoms with van der Waals surface area (Å²) >= 11 is 0. The third-order valence-corrected chi connectivity index (χ3v) is 3.90. The summed E-state index contributed by atoms with van der Waals surface area (Å²) in [6.07, 6.45) is 8.29. The second kappa shape index (κ2) is 5.01. The molecular weight excluding hydrogens is 218 g/mol. The molecule has 0 bridgehead atoms. The highest BCUT2D eigenvalue weighted by atomic mass is 14.5. The summed E-state index contributed by atoms with van der Waals surface area (Å²) in [4.78, 5) is 0. The SMILES string of the molecule is CC1=C(/C=C/c2cccc(N)c2)C(C)(C)CCC1. The van der Waals surface area contributed by atoms with Crippen LogP contribution in [0.15, 0.2) is 41.5 Å². The molecular formula is C17H23N. The van der Waals surface area contributed by atoms with Crippen LogP contribution >= 0.6 is 0 Å². The minimum Gasteiger partial charge on any atom is -0.399 e. The minimum atomic E-state index is 0.305. The highest BCUT2D eigenvalue weighted by Gasteiger charge is 2.26. The molecule has 0 aromatic heterocycles. The van der Waals surface area contributed by atoms with E-state index >= 15 is 0 Å². The van der Waals surface area contributed by atoms with Crippen molar-refractivity contribution in [1.82, 2.24) is 0 Å². The Morgan fingerprint density at radius 2 is 2.00 bits per heavy atom. The minimum absolute atomic E-state index is 0.305. The zero-order chi connectivity index (χ0) is 13.2. The van der Waals surface area contributed by atoms with E-state index in [1.165, 1.54) is 36.0 Å². The van der Waals surface area contributed by atoms with Gasteiger partial charge in [-0.2, -0.15) is 0 Å². The standard InChI is InChI=1S/C17H23N/c1-13-6-5-11-17(2,3)16(13)10-9-14-7-4-8-15(18)12-14/h4,7-10,12H,5-6,11,18H2,1-3H3/b10-9+. The number of benzene rings is 1. The van der Waals surface area contributed by atoms with E-state index in [4.69, 9.17) is 5.73 Å². The number of anilines is 1. The molecule has 0 amide bonds. The molecule has 0 saturated carbocycles. The smallest absolute Gasteiger partial charge is 0.0319 e. The monoisotopic (exact) mass is 241 g/mol. The first-order valence-electron chi connectivity index (χ1n) is 6.73. The number of allylic oxidation sites excluding steroid dienone is 3. The van der Waals surface area contributed by atoms with E-state index in [9.17, 15) is 0 Å². The molecule has 1 nitrogen and oxygen atoms in total. The predicted molar refractivity (Wildman–Crippen MR) is 80.2 cm³/mol. The summed E-state index contributed by atoms with van der Waals surface area (Å²) in [5.41, 5.74) is 11.1. The first kappa shape index (κ1) is 12.9. The molecule has 0 saturated heterocycles. The Balaban J connectivity index is 2.27. The zero-order valence-electron chi connectivity index (χ0n) is 11.7. The van der Waals surface area contributed by atoms with E-state index in [1.54, 1.807) is 0 Å². The van der Waals surface area contributed by atoms with Gasteiger partial charge in [0.05, 0.1) is 0 Å². The lowest BCUT2D eigenvalue weighted by Gasteiger charge is -2.32. The van der Waals surface area contributed by atoms with E-state index in [1.807, 2.05) is 18.2 Å². The summed E-state index contributed by atoms with van der Waals surface area (Å²) in [5, 5.41) is 0. The van der Waals surface area contributed by atoms with E-state index in [-0.39, 0.29) is 0 Å². The highest BCUT2D eigenvalue weighted by molar-refractivity contribution is 5.58. The lowest BCUT2D eigenvalue weighted by molar-refractivity contribution is 0.377. The van der Waals surface area contributed by atoms with Gasteiger partial charge in [0.15, 0.2) is 0 Å². The maximum Gasteiger partial charge on any atom is 0.0319 e. The van der Waals surface area contributed by atoms with Crippen LogP contribution in [0.5, 0.6) is 0 Å². The third-order valence-electron chi connectivity index (χ3n) is 3.90. The Hall–Kier alpha value is -1.50. The van der Waals surface area contributed by atoms with Crippen LogP contribution in [0.4, 0.5) is 5.69 Å². The average Bonchev–Trinajstić information content (AvgIpc) is 2.27. The van der Waals surface area contributed by atoms with Gasteiger partial charge in [0.1, 0.15) is 0 Å². The van der Waals surface area contributed by atoms with Gasteiger partial charge in [-0.15, -0.1) is 0 Å². The summed E-state index contributed by atoms with van der Waals surface area (Å²) in [5.74, 6) is 0. The quantitative estimate of drug-likeness (QED) is 0.739. The Morgan fingerprint density at radius 1 is 1.22 bits per heavy atom. The van der Waals surface area contributed by atoms with Crippen LogP contribution in [-0.2, 0) is 0 Å². The van der Waals surface area contributed by atoms with Gasteiger partial charge >= 0.3 is 0 Å². The average molecular weight is 241 g/mol. The van der Waals surface area contributed by atoms with E-state index in [2.05, 4.69) is 39.0 Å². The first-order chi connectivity index (χ1) is 8.49. The van der Waals surface area contributed by atoms with Crippen LogP contribution in [-0.4, -0.2) is 0 Å². The van der Waals surface area contributed by atoms with E-state index in [0.29, 0.717) is 5.41 Å². The Labute approximate surface area is 110 Å². The van der Waals surface area contributed by atoms with Crippen molar-refractivity contribution in [2.45, 2.75) is 40.0 Å². The first-order valence-corrected chi connectivity index (χ1v) is 6.73. The number of hydrogen-bond donors (Lipinski definition) is 1. The van der Waals surface area contributed by atoms with Gasteiger partial charge in [-0.1, -0.05) is 43.7 Å². The molecule has 0 radical (unpaired) electrons. The van der Waals surface area contributed by atoms with E-state index in [0.717, 1.165) is 5.69 Å². The Bertz CT molecular complexity index is 492. The van der Waals surface area contributed by atoms with Gasteiger partial charge < -0.3 is 5.73 Å². The molecule has 1 heteroatoms. The molecule has 0 fully saturated rings. The molecule has 18 heavy (non-hydrogen) atoms. The van der Waals surface area contributed by atoms with Crippen molar-refractivity contribution < 1.29 is 0 Å². The second-order valence-electron chi connectivity index (χ2n) is 5.93. The largest absolute Gasteiger partial charge is 0.399 e. The molecule has 1 aliphatic carbocycles. The molecule has 0 heterocycles. The molecule has 0 unspecified atom stereocenters. The summed E-state index contributed by atoms with van der Waals surface area (Å²) < 4.78 is 0. The van der Waals surface area contributed by atoms with Gasteiger partial charge in [-0.05, 0) is 54.9 Å². The molecule has 0 spiro atoms. The molecule has 0 atom stereocenters. The lowest BCUT2D eigenvalue weighted by Crippen LogP contribution is -2.18. The van der Waals surface area contributed by atoms with Crippen molar-refractivity contribution in [2.75, 3.05) is 5.73 Å². The van der Waals surface area contributed by atoms with Crippen molar-refractivity contribution >= 4 is 11.8 Å². The molecule has 2 N–H and O–H groups in total. The van der Waals surface area contributed by atoms with Crippen LogP contribution < -0.4 is 5.73 Å². The van der Waals surface area contributed by atoms with Gasteiger partial charge in [-0.3, -0.25) is 0 Å². The molecule has 1 aromatic rings. The summed E-state index contributed by atoms with van der Waals surface area (Å²) in [6.45, 7) is 6.95. The number of nitrogens with two attached hydrogens (primary N) is 1. The predicted octanol–water partition coefficient (Wildman–Crippen LogP) is 4.81. The summed E-state index contributed by atoms with van der Waals surface area (Å²) in [6, 6.07) is 8.04. The van der Waals surface area contributed by atoms with Gasteiger partial charge in [0, 0.05) is 5.69 Å². The van der Waals surface area contributed by atoms with Crippen LogP contribution in [0.1, 0.15) is 45.6 Å². The highest BCUT2D eigenvalue weighted by Crippen LogP contribution is 2.40. The van der Waals surface area contributed by atoms with Crippen molar-refractivity contribution in [3.63, 3.8) is 0 Å². The molecule has 2 rings (SSSR count). The van der Waals surface area contributed by atoms with Crippen LogP contribution in [0.3, 0.4) is 0 Å². The number of rotatable bonds is 2. The lowest BCUT2D eigenvalue weighted by atomic mass is 9.72. The third kappa shape index (κ3) is 2.84. The zero-order valence-corrected chi connectivity index (χ0v) is 11.7. The van der Waals surface area contributed by atoms with Gasteiger partial charge in [-0.25, -0.2) is 0 Å². The van der Waals surface area contributed by atoms with Gasteiger partial charge in [0.2, 0.25) is 0 Å². The van der Waals surface area contributed by atoms with Gasteiger partial charge in [0.25, 0.3) is 0 Å². The van der Waals surface area contributed by atoms with E-state index < -0.39 is 0 Å². The van der Waals surface area contributed by atoms with Crippen LogP contribution in [0.25, 0.3) is 6.08 Å². The number of hydrogen-bond acceptors (Lipinski definition) is 1. The fraction of sp³-hybridized carbons (Fsp3) is 0.412. The fourth-order valence-corrected chi connectivity index (χ4v) is 2.85. The van der Waals surface area contributed by atoms with Crippen LogP contribution in [0, 0.1) is 5.41 Å². The van der Waals surface area contributed by atoms with Crippen molar-refractivity contribution in [3.05, 3.63) is 47.1 Å². The topological polar surface area (TPSA) is 26.0 Å². The number of nitrogen functional groups attached to an aromatic ring is 1. The summed E-state index contributed by atoms with van der Waals surface area (Å²) in [7, 11) is 0. The molecule has 1 aromatic carbocycles. The Kier molecular flexibility index (Phi) is 3.60. The fourth-order valence-electron chi connectivity index (χ4n) is 2.85. The molecule has 0 aliphatic heterocycles. The van der Waals surface area contributed by atoms with Crippen molar-refractivity contribution in [2.24, 2.45) is 5.41 Å². The maximum absolute atomic E-state index is 5.80. The Morgan fingerprint density at radius 3 is 2.67 bits per heavy atom.